The largest absolute Gasteiger partial charge is 0.497 e. The molecule has 0 heterocycles. The number of rotatable bonds is 6. The molecule has 106 valence electrons. The summed E-state index contributed by atoms with van der Waals surface area (Å²) in [7, 11) is -2.43. The van der Waals surface area contributed by atoms with Crippen molar-refractivity contribution < 1.29 is 17.9 Å². The monoisotopic (exact) mass is 286 g/mol. The fourth-order valence-electron chi connectivity index (χ4n) is 1.36. The van der Waals surface area contributed by atoms with Gasteiger partial charge in [-0.1, -0.05) is 19.4 Å². The number of urea groups is 1. The zero-order chi connectivity index (χ0) is 14.3. The van der Waals surface area contributed by atoms with Gasteiger partial charge in [0, 0.05) is 12.6 Å². The van der Waals surface area contributed by atoms with E-state index in [1.165, 1.54) is 19.2 Å². The molecule has 0 bridgehead atoms. The normalized spacial score (nSPS) is 10.8. The molecule has 0 aliphatic rings. The van der Waals surface area contributed by atoms with Crippen LogP contribution in [-0.4, -0.2) is 28.1 Å². The van der Waals surface area contributed by atoms with Gasteiger partial charge in [-0.15, -0.1) is 0 Å². The van der Waals surface area contributed by atoms with E-state index in [0.29, 0.717) is 12.3 Å². The molecule has 6 nitrogen and oxygen atoms in total. The molecule has 19 heavy (non-hydrogen) atoms. The fraction of sp³-hybridized carbons (Fsp3) is 0.417. The zero-order valence-corrected chi connectivity index (χ0v) is 11.8. The van der Waals surface area contributed by atoms with Crippen LogP contribution >= 0.6 is 0 Å². The highest BCUT2D eigenvalue weighted by atomic mass is 32.2. The number of unbranched alkanes of at least 4 members (excludes halogenated alkanes) is 1. The van der Waals surface area contributed by atoms with Crippen molar-refractivity contribution in [3.8, 4) is 5.75 Å². The van der Waals surface area contributed by atoms with Gasteiger partial charge >= 0.3 is 6.03 Å². The van der Waals surface area contributed by atoms with E-state index in [-0.39, 0.29) is 4.90 Å². The number of sulfonamides is 1. The molecular formula is C12H18N2O4S. The van der Waals surface area contributed by atoms with Gasteiger partial charge in [-0.3, -0.25) is 0 Å². The maximum Gasteiger partial charge on any atom is 0.328 e. The summed E-state index contributed by atoms with van der Waals surface area (Å²) in [6.45, 7) is 2.42. The molecule has 0 aromatic heterocycles. The van der Waals surface area contributed by atoms with Crippen molar-refractivity contribution in [1.29, 1.82) is 0 Å². The van der Waals surface area contributed by atoms with Crippen LogP contribution in [-0.2, 0) is 10.0 Å². The van der Waals surface area contributed by atoms with Crippen LogP contribution in [0.2, 0.25) is 0 Å². The molecule has 2 N–H and O–H groups in total. The smallest absolute Gasteiger partial charge is 0.328 e. The van der Waals surface area contributed by atoms with Crippen LogP contribution in [0.4, 0.5) is 4.79 Å². The van der Waals surface area contributed by atoms with E-state index in [0.717, 1.165) is 12.8 Å². The third-order valence-corrected chi connectivity index (χ3v) is 3.72. The molecule has 0 fully saturated rings. The van der Waals surface area contributed by atoms with Gasteiger partial charge in [-0.05, 0) is 18.6 Å². The summed E-state index contributed by atoms with van der Waals surface area (Å²) >= 11 is 0. The number of methoxy groups -OCH3 is 1. The third kappa shape index (κ3) is 4.78. The standard InChI is InChI=1S/C12H18N2O4S/c1-3-4-8-13-12(15)14-19(16,17)11-7-5-6-10(9-11)18-2/h5-7,9H,3-4,8H2,1-2H3,(H2,13,14,15). The molecule has 1 aromatic rings. The molecule has 0 saturated carbocycles. The Labute approximate surface area is 113 Å². The van der Waals surface area contributed by atoms with Gasteiger partial charge < -0.3 is 10.1 Å². The van der Waals surface area contributed by atoms with E-state index in [4.69, 9.17) is 4.74 Å². The van der Waals surface area contributed by atoms with Crippen molar-refractivity contribution in [2.45, 2.75) is 24.7 Å². The average molecular weight is 286 g/mol. The summed E-state index contributed by atoms with van der Waals surface area (Å²) in [6, 6.07) is 5.19. The first kappa shape index (κ1) is 15.3. The Kier molecular flexibility index (Phi) is 5.62. The van der Waals surface area contributed by atoms with Crippen LogP contribution in [0, 0.1) is 0 Å². The minimum Gasteiger partial charge on any atom is -0.497 e. The number of ether oxygens (including phenoxy) is 1. The SMILES string of the molecule is CCCCNC(=O)NS(=O)(=O)c1cccc(OC)c1. The summed E-state index contributed by atoms with van der Waals surface area (Å²) in [5.74, 6) is 0.411. The summed E-state index contributed by atoms with van der Waals surface area (Å²) in [4.78, 5) is 11.4. The average Bonchev–Trinajstić information content (AvgIpc) is 2.38. The predicted molar refractivity (Wildman–Crippen MR) is 71.6 cm³/mol. The van der Waals surface area contributed by atoms with Gasteiger partial charge in [0.15, 0.2) is 0 Å². The molecule has 1 rings (SSSR count). The van der Waals surface area contributed by atoms with Crippen LogP contribution in [0.1, 0.15) is 19.8 Å². The molecule has 2 amide bonds. The third-order valence-electron chi connectivity index (χ3n) is 2.39. The number of carbonyl (C=O) groups is 1. The second kappa shape index (κ2) is 6.98. The molecule has 0 atom stereocenters. The molecule has 0 spiro atoms. The van der Waals surface area contributed by atoms with Gasteiger partial charge in [0.1, 0.15) is 5.75 Å². The highest BCUT2D eigenvalue weighted by Crippen LogP contribution is 2.16. The van der Waals surface area contributed by atoms with E-state index >= 15 is 0 Å². The van der Waals surface area contributed by atoms with Gasteiger partial charge in [-0.2, -0.15) is 0 Å². The minimum atomic E-state index is -3.87. The Morgan fingerprint density at radius 1 is 1.37 bits per heavy atom. The van der Waals surface area contributed by atoms with Crippen molar-refractivity contribution in [3.05, 3.63) is 24.3 Å². The van der Waals surface area contributed by atoms with Crippen molar-refractivity contribution >= 4 is 16.1 Å². The maximum absolute atomic E-state index is 11.9. The molecule has 7 heteroatoms. The van der Waals surface area contributed by atoms with Crippen molar-refractivity contribution in [2.24, 2.45) is 0 Å². The number of hydrogen-bond acceptors (Lipinski definition) is 4. The quantitative estimate of drug-likeness (QED) is 0.776. The van der Waals surface area contributed by atoms with Crippen molar-refractivity contribution in [3.63, 3.8) is 0 Å². The molecular weight excluding hydrogens is 268 g/mol. The minimum absolute atomic E-state index is 0.0162. The first-order chi connectivity index (χ1) is 8.99. The Morgan fingerprint density at radius 2 is 2.11 bits per heavy atom. The van der Waals surface area contributed by atoms with E-state index in [1.807, 2.05) is 11.6 Å². The molecule has 0 saturated heterocycles. The summed E-state index contributed by atoms with van der Waals surface area (Å²) < 4.78 is 30.7. The fourth-order valence-corrected chi connectivity index (χ4v) is 2.33. The first-order valence-electron chi connectivity index (χ1n) is 5.94. The lowest BCUT2D eigenvalue weighted by molar-refractivity contribution is 0.245. The second-order valence-corrected chi connectivity index (χ2v) is 5.58. The predicted octanol–water partition coefficient (Wildman–Crippen LogP) is 1.48. The van der Waals surface area contributed by atoms with Crippen LogP contribution < -0.4 is 14.8 Å². The Bertz CT molecular complexity index is 528. The Hall–Kier alpha value is -1.76. The Morgan fingerprint density at radius 3 is 2.74 bits per heavy atom. The van der Waals surface area contributed by atoms with Crippen molar-refractivity contribution in [1.82, 2.24) is 10.0 Å². The first-order valence-corrected chi connectivity index (χ1v) is 7.42. The summed E-state index contributed by atoms with van der Waals surface area (Å²) in [5, 5.41) is 2.48. The highest BCUT2D eigenvalue weighted by Gasteiger charge is 2.17. The summed E-state index contributed by atoms with van der Waals surface area (Å²) in [6.07, 6.45) is 1.72. The topological polar surface area (TPSA) is 84.5 Å². The lowest BCUT2D eigenvalue weighted by atomic mass is 10.3. The van der Waals surface area contributed by atoms with E-state index in [2.05, 4.69) is 5.32 Å². The number of nitrogens with one attached hydrogen (secondary N) is 2. The van der Waals surface area contributed by atoms with E-state index in [1.54, 1.807) is 12.1 Å². The molecule has 0 aliphatic heterocycles. The molecule has 0 radical (unpaired) electrons. The highest BCUT2D eigenvalue weighted by molar-refractivity contribution is 7.90. The summed E-state index contributed by atoms with van der Waals surface area (Å²) in [5.41, 5.74) is 0. The lowest BCUT2D eigenvalue weighted by Crippen LogP contribution is -2.39. The number of amides is 2. The van der Waals surface area contributed by atoms with Crippen LogP contribution in [0.15, 0.2) is 29.2 Å². The van der Waals surface area contributed by atoms with Gasteiger partial charge in [0.05, 0.1) is 12.0 Å². The van der Waals surface area contributed by atoms with Crippen LogP contribution in [0.3, 0.4) is 0 Å². The van der Waals surface area contributed by atoms with E-state index < -0.39 is 16.1 Å². The number of benzene rings is 1. The second-order valence-electron chi connectivity index (χ2n) is 3.89. The Balaban J connectivity index is 2.72. The van der Waals surface area contributed by atoms with Gasteiger partial charge in [0.25, 0.3) is 10.0 Å². The molecule has 0 aliphatic carbocycles. The number of carbonyl (C=O) groups excluding carboxylic acids is 1. The number of hydrogen-bond donors (Lipinski definition) is 2. The lowest BCUT2D eigenvalue weighted by Gasteiger charge is -2.09. The van der Waals surface area contributed by atoms with E-state index in [9.17, 15) is 13.2 Å². The van der Waals surface area contributed by atoms with Gasteiger partial charge in [-0.25, -0.2) is 17.9 Å². The van der Waals surface area contributed by atoms with Crippen LogP contribution in [0.5, 0.6) is 5.75 Å². The zero-order valence-electron chi connectivity index (χ0n) is 11.0. The van der Waals surface area contributed by atoms with Crippen LogP contribution in [0.25, 0.3) is 0 Å². The molecule has 1 aromatic carbocycles. The molecule has 0 unspecified atom stereocenters. The van der Waals surface area contributed by atoms with Crippen molar-refractivity contribution in [2.75, 3.05) is 13.7 Å². The maximum atomic E-state index is 11.9. The van der Waals surface area contributed by atoms with Gasteiger partial charge in [0.2, 0.25) is 0 Å².